The Balaban J connectivity index is 1.41. The lowest BCUT2D eigenvalue weighted by Gasteiger charge is -2.34. The number of carbonyl (C=O) groups excluding carboxylic acids is 1. The van der Waals surface area contributed by atoms with Gasteiger partial charge in [0.1, 0.15) is 11.5 Å². The molecule has 0 bridgehead atoms. The fourth-order valence-electron chi connectivity index (χ4n) is 3.33. The zero-order valence-corrected chi connectivity index (χ0v) is 16.2. The summed E-state index contributed by atoms with van der Waals surface area (Å²) < 4.78 is 34.1. The molecule has 0 radical (unpaired) electrons. The molecule has 29 heavy (non-hydrogen) atoms. The second kappa shape index (κ2) is 9.95. The highest BCUT2D eigenvalue weighted by Gasteiger charge is 2.21. The van der Waals surface area contributed by atoms with E-state index in [0.29, 0.717) is 5.56 Å². The molecule has 3 rings (SSSR count). The van der Waals surface area contributed by atoms with E-state index >= 15 is 0 Å². The molecule has 2 N–H and O–H groups in total. The Morgan fingerprint density at radius 1 is 1.14 bits per heavy atom. The molecule has 1 heterocycles. The van der Waals surface area contributed by atoms with Crippen molar-refractivity contribution in [1.82, 2.24) is 10.6 Å². The van der Waals surface area contributed by atoms with Crippen LogP contribution in [0.1, 0.15) is 18.4 Å². The van der Waals surface area contributed by atoms with Crippen molar-refractivity contribution in [1.29, 1.82) is 0 Å². The number of carbonyl (C=O) groups is 1. The van der Waals surface area contributed by atoms with Gasteiger partial charge in [-0.2, -0.15) is 8.78 Å². The van der Waals surface area contributed by atoms with Crippen LogP contribution in [0.3, 0.4) is 0 Å². The smallest absolute Gasteiger partial charge is 0.387 e. The number of urea groups is 1. The molecule has 1 aliphatic rings. The third-order valence-electron chi connectivity index (χ3n) is 4.84. The molecule has 0 atom stereocenters. The van der Waals surface area contributed by atoms with E-state index in [1.807, 2.05) is 24.3 Å². The van der Waals surface area contributed by atoms with Crippen LogP contribution in [0.2, 0.25) is 0 Å². The predicted molar refractivity (Wildman–Crippen MR) is 107 cm³/mol. The number of alkyl halides is 2. The lowest BCUT2D eigenvalue weighted by Crippen LogP contribution is -2.47. The summed E-state index contributed by atoms with van der Waals surface area (Å²) in [5.41, 5.74) is 1.83. The standard InChI is InChI=1S/C21H25F2N3O3/c1-28-18-7-5-17(6-8-18)26-11-9-16(10-12-26)25-21(27)24-14-15-3-2-4-19(13-15)29-20(22)23/h2-8,13,16,20H,9-12,14H2,1H3,(H2,24,25,27). The van der Waals surface area contributed by atoms with Crippen molar-refractivity contribution >= 4 is 11.7 Å². The minimum absolute atomic E-state index is 0.0746. The van der Waals surface area contributed by atoms with Crippen LogP contribution in [0.15, 0.2) is 48.5 Å². The Kier molecular flexibility index (Phi) is 7.10. The minimum Gasteiger partial charge on any atom is -0.497 e. The van der Waals surface area contributed by atoms with Crippen LogP contribution in [0.5, 0.6) is 11.5 Å². The zero-order chi connectivity index (χ0) is 20.6. The summed E-state index contributed by atoms with van der Waals surface area (Å²) in [6.07, 6.45) is 1.69. The van der Waals surface area contributed by atoms with Gasteiger partial charge in [-0.05, 0) is 54.8 Å². The lowest BCUT2D eigenvalue weighted by atomic mass is 10.0. The molecule has 0 aliphatic carbocycles. The van der Waals surface area contributed by atoms with Gasteiger partial charge in [-0.15, -0.1) is 0 Å². The number of benzene rings is 2. The first-order chi connectivity index (χ1) is 14.0. The maximum atomic E-state index is 12.3. The van der Waals surface area contributed by atoms with Gasteiger partial charge >= 0.3 is 12.6 Å². The summed E-state index contributed by atoms with van der Waals surface area (Å²) in [7, 11) is 1.64. The summed E-state index contributed by atoms with van der Waals surface area (Å²) in [6, 6.07) is 14.1. The van der Waals surface area contributed by atoms with E-state index < -0.39 is 6.61 Å². The maximum Gasteiger partial charge on any atom is 0.387 e. The Labute approximate surface area is 168 Å². The number of ether oxygens (including phenoxy) is 2. The Morgan fingerprint density at radius 3 is 2.52 bits per heavy atom. The van der Waals surface area contributed by atoms with Crippen LogP contribution in [0.4, 0.5) is 19.3 Å². The van der Waals surface area contributed by atoms with E-state index in [1.54, 1.807) is 19.2 Å². The van der Waals surface area contributed by atoms with Crippen LogP contribution in [0, 0.1) is 0 Å². The van der Waals surface area contributed by atoms with Crippen molar-refractivity contribution in [2.45, 2.75) is 32.0 Å². The predicted octanol–water partition coefficient (Wildman–Crippen LogP) is 3.76. The number of amides is 2. The fourth-order valence-corrected chi connectivity index (χ4v) is 3.33. The van der Waals surface area contributed by atoms with Crippen LogP contribution in [-0.2, 0) is 6.54 Å². The van der Waals surface area contributed by atoms with Gasteiger partial charge in [0.25, 0.3) is 0 Å². The summed E-state index contributed by atoms with van der Waals surface area (Å²) in [5.74, 6) is 0.902. The van der Waals surface area contributed by atoms with Crippen molar-refractivity contribution in [3.8, 4) is 11.5 Å². The molecule has 1 saturated heterocycles. The first-order valence-corrected chi connectivity index (χ1v) is 9.50. The van der Waals surface area contributed by atoms with Crippen molar-refractivity contribution in [3.63, 3.8) is 0 Å². The number of nitrogens with one attached hydrogen (secondary N) is 2. The molecule has 0 aromatic heterocycles. The molecule has 6 nitrogen and oxygen atoms in total. The molecule has 8 heteroatoms. The van der Waals surface area contributed by atoms with E-state index in [4.69, 9.17) is 4.74 Å². The fraction of sp³-hybridized carbons (Fsp3) is 0.381. The lowest BCUT2D eigenvalue weighted by molar-refractivity contribution is -0.0498. The topological polar surface area (TPSA) is 62.8 Å². The molecule has 0 unspecified atom stereocenters. The van der Waals surface area contributed by atoms with E-state index in [0.717, 1.165) is 37.4 Å². The van der Waals surface area contributed by atoms with Gasteiger partial charge in [0, 0.05) is 31.4 Å². The maximum absolute atomic E-state index is 12.3. The number of anilines is 1. The van der Waals surface area contributed by atoms with E-state index in [-0.39, 0.29) is 24.4 Å². The van der Waals surface area contributed by atoms with Crippen molar-refractivity contribution in [3.05, 3.63) is 54.1 Å². The van der Waals surface area contributed by atoms with Gasteiger partial charge in [0.2, 0.25) is 0 Å². The second-order valence-corrected chi connectivity index (χ2v) is 6.81. The molecule has 2 aromatic carbocycles. The van der Waals surface area contributed by atoms with E-state index in [1.165, 1.54) is 12.1 Å². The van der Waals surface area contributed by atoms with Gasteiger partial charge in [-0.3, -0.25) is 0 Å². The van der Waals surface area contributed by atoms with E-state index in [2.05, 4.69) is 20.3 Å². The third kappa shape index (κ3) is 6.23. The molecular weight excluding hydrogens is 380 g/mol. The van der Waals surface area contributed by atoms with Gasteiger partial charge in [-0.25, -0.2) is 4.79 Å². The van der Waals surface area contributed by atoms with Crippen LogP contribution in [-0.4, -0.2) is 38.9 Å². The summed E-state index contributed by atoms with van der Waals surface area (Å²) in [6.45, 7) is -0.934. The monoisotopic (exact) mass is 405 g/mol. The number of piperidine rings is 1. The highest BCUT2D eigenvalue weighted by Crippen LogP contribution is 2.23. The average Bonchev–Trinajstić information content (AvgIpc) is 2.73. The Morgan fingerprint density at radius 2 is 1.86 bits per heavy atom. The number of hydrogen-bond acceptors (Lipinski definition) is 4. The van der Waals surface area contributed by atoms with Crippen LogP contribution >= 0.6 is 0 Å². The average molecular weight is 405 g/mol. The normalized spacial score (nSPS) is 14.6. The molecule has 2 amide bonds. The highest BCUT2D eigenvalue weighted by molar-refractivity contribution is 5.74. The number of hydrogen-bond donors (Lipinski definition) is 2. The highest BCUT2D eigenvalue weighted by atomic mass is 19.3. The van der Waals surface area contributed by atoms with Gasteiger partial charge in [0.15, 0.2) is 0 Å². The Bertz CT molecular complexity index is 794. The molecular formula is C21H25F2N3O3. The van der Waals surface area contributed by atoms with Crippen molar-refractivity contribution in [2.24, 2.45) is 0 Å². The second-order valence-electron chi connectivity index (χ2n) is 6.81. The van der Waals surface area contributed by atoms with Crippen molar-refractivity contribution in [2.75, 3.05) is 25.1 Å². The van der Waals surface area contributed by atoms with Gasteiger partial charge < -0.3 is 25.0 Å². The first-order valence-electron chi connectivity index (χ1n) is 9.50. The number of methoxy groups -OCH3 is 1. The quantitative estimate of drug-likeness (QED) is 0.736. The first kappa shape index (κ1) is 20.7. The SMILES string of the molecule is COc1ccc(N2CCC(NC(=O)NCc3cccc(OC(F)F)c3)CC2)cc1. The molecule has 0 spiro atoms. The molecule has 1 aliphatic heterocycles. The number of halogens is 2. The summed E-state index contributed by atoms with van der Waals surface area (Å²) in [4.78, 5) is 14.5. The van der Waals surface area contributed by atoms with Crippen LogP contribution in [0.25, 0.3) is 0 Å². The largest absolute Gasteiger partial charge is 0.497 e. The summed E-state index contributed by atoms with van der Waals surface area (Å²) in [5, 5.41) is 5.74. The zero-order valence-electron chi connectivity index (χ0n) is 16.2. The molecule has 156 valence electrons. The molecule has 2 aromatic rings. The third-order valence-corrected chi connectivity index (χ3v) is 4.84. The van der Waals surface area contributed by atoms with Gasteiger partial charge in [0.05, 0.1) is 7.11 Å². The number of rotatable bonds is 7. The van der Waals surface area contributed by atoms with Crippen LogP contribution < -0.4 is 25.0 Å². The number of nitrogens with zero attached hydrogens (tertiary/aromatic N) is 1. The van der Waals surface area contributed by atoms with Gasteiger partial charge in [-0.1, -0.05) is 12.1 Å². The van der Waals surface area contributed by atoms with Crippen molar-refractivity contribution < 1.29 is 23.0 Å². The molecule has 1 fully saturated rings. The Hall–Kier alpha value is -3.03. The molecule has 0 saturated carbocycles. The van der Waals surface area contributed by atoms with E-state index in [9.17, 15) is 13.6 Å². The minimum atomic E-state index is -2.87. The summed E-state index contributed by atoms with van der Waals surface area (Å²) >= 11 is 0.